The molecule has 0 fully saturated rings. The molecule has 1 atom stereocenters. The number of carbonyl (C=O) groups excluding carboxylic acids is 1. The summed E-state index contributed by atoms with van der Waals surface area (Å²) in [6.45, 7) is 2.56. The van der Waals surface area contributed by atoms with Crippen molar-refractivity contribution in [3.63, 3.8) is 0 Å². The number of benzene rings is 2. The molecule has 0 aliphatic carbocycles. The average Bonchev–Trinajstić information content (AvgIpc) is 2.56. The minimum atomic E-state index is -0.0153. The number of ether oxygens (including phenoxy) is 3. The summed E-state index contributed by atoms with van der Waals surface area (Å²) in [6.07, 6.45) is 0. The molecule has 2 aromatic rings. The molecule has 23 heavy (non-hydrogen) atoms. The van der Waals surface area contributed by atoms with Gasteiger partial charge in [0.2, 0.25) is 0 Å². The van der Waals surface area contributed by atoms with Crippen LogP contribution in [0.3, 0.4) is 0 Å². The zero-order valence-corrected chi connectivity index (χ0v) is 14.9. The van der Waals surface area contributed by atoms with Gasteiger partial charge in [0.15, 0.2) is 5.52 Å². The van der Waals surface area contributed by atoms with E-state index in [1.165, 1.54) is 0 Å². The van der Waals surface area contributed by atoms with Gasteiger partial charge >= 0.3 is 18.9 Å². The molecule has 0 bridgehead atoms. The van der Waals surface area contributed by atoms with Gasteiger partial charge in [-0.3, -0.25) is 4.79 Å². The monoisotopic (exact) mass is 325 g/mol. The van der Waals surface area contributed by atoms with E-state index in [-0.39, 0.29) is 33.0 Å². The molecule has 0 amide bonds. The molecule has 0 saturated heterocycles. The summed E-state index contributed by atoms with van der Waals surface area (Å²) in [5.74, 6) is 1.86. The van der Waals surface area contributed by atoms with Gasteiger partial charge in [0, 0.05) is 0 Å². The topological polar surface area (TPSA) is 44.8 Å². The van der Waals surface area contributed by atoms with E-state index in [0.29, 0.717) is 23.7 Å². The Hall–Kier alpha value is -1.46. The molecule has 0 spiro atoms. The van der Waals surface area contributed by atoms with Gasteiger partial charge in [0.1, 0.15) is 22.8 Å². The predicted octanol–water partition coefficient (Wildman–Crippen LogP) is 0.251. The van der Waals surface area contributed by atoms with Crippen molar-refractivity contribution in [2.24, 2.45) is 0 Å². The molecule has 6 heteroatoms. The van der Waals surface area contributed by atoms with Crippen molar-refractivity contribution in [1.29, 1.82) is 0 Å². The third-order valence-corrected chi connectivity index (χ3v) is 4.18. The van der Waals surface area contributed by atoms with Crippen LogP contribution in [-0.4, -0.2) is 26.4 Å². The number of hydrogen-bond donors (Lipinski definition) is 0. The van der Waals surface area contributed by atoms with Gasteiger partial charge < -0.3 is 14.2 Å². The Labute approximate surface area is 150 Å². The first-order chi connectivity index (χ1) is 10.7. The summed E-state index contributed by atoms with van der Waals surface area (Å²) in [4.78, 5) is 12.6. The van der Waals surface area contributed by atoms with E-state index in [4.69, 9.17) is 14.2 Å². The van der Waals surface area contributed by atoms with Crippen LogP contribution in [-0.2, 0) is 0 Å². The molecule has 116 valence electrons. The summed E-state index contributed by atoms with van der Waals surface area (Å²) >= 11 is 0. The van der Waals surface area contributed by atoms with E-state index in [0.717, 1.165) is 11.1 Å². The van der Waals surface area contributed by atoms with E-state index < -0.39 is 0 Å². The quantitative estimate of drug-likeness (QED) is 0.541. The van der Waals surface area contributed by atoms with Crippen LogP contribution in [0.4, 0.5) is 0 Å². The van der Waals surface area contributed by atoms with Crippen LogP contribution >= 0.6 is 8.58 Å². The molecule has 2 aromatic carbocycles. The third kappa shape index (κ3) is 5.01. The SMILES string of the molecule is CCOc1ccc(PC(=O)c2c(OC)cccc2OC)cc1.[Li+]. The molecule has 4 nitrogen and oxygen atoms in total. The number of rotatable bonds is 7. The molecule has 0 N–H and O–H groups in total. The molecular weight excluding hydrogens is 306 g/mol. The Bertz CT molecular complexity index is 621. The van der Waals surface area contributed by atoms with E-state index >= 15 is 0 Å². The van der Waals surface area contributed by atoms with Crippen molar-refractivity contribution in [3.05, 3.63) is 48.0 Å². The van der Waals surface area contributed by atoms with Crippen LogP contribution in [0.2, 0.25) is 0 Å². The summed E-state index contributed by atoms with van der Waals surface area (Å²) in [5, 5.41) is 0.946. The third-order valence-electron chi connectivity index (χ3n) is 3.08. The molecule has 2 rings (SSSR count). The first-order valence-electron chi connectivity index (χ1n) is 6.94. The van der Waals surface area contributed by atoms with Crippen LogP contribution < -0.4 is 38.4 Å². The molecule has 0 radical (unpaired) electrons. The fourth-order valence-electron chi connectivity index (χ4n) is 2.07. The molecule has 1 unspecified atom stereocenters. The standard InChI is InChI=1S/C17H19O4P.Li/c1-4-21-12-8-10-13(11-9-12)22-17(18)16-14(19-2)6-5-7-15(16)20-3;/h5-11,22H,4H2,1-3H3;/q;+1. The number of methoxy groups -OCH3 is 2. The van der Waals surface area contributed by atoms with Crippen molar-refractivity contribution < 1.29 is 37.9 Å². The largest absolute Gasteiger partial charge is 1.00 e. The first-order valence-corrected chi connectivity index (χ1v) is 7.94. The molecule has 0 heterocycles. The Morgan fingerprint density at radius 1 is 1.00 bits per heavy atom. The summed E-state index contributed by atoms with van der Waals surface area (Å²) < 4.78 is 16.0. The normalized spacial score (nSPS) is 10.2. The van der Waals surface area contributed by atoms with Crippen LogP contribution in [0.25, 0.3) is 0 Å². The molecular formula is C17H19LiO4P+. The van der Waals surface area contributed by atoms with Gasteiger partial charge in [-0.15, -0.1) is 0 Å². The zero-order valence-electron chi connectivity index (χ0n) is 13.9. The maximum Gasteiger partial charge on any atom is 1.00 e. The summed E-state index contributed by atoms with van der Waals surface area (Å²) in [7, 11) is 3.09. The maximum atomic E-state index is 12.6. The second-order valence-electron chi connectivity index (χ2n) is 4.45. The van der Waals surface area contributed by atoms with E-state index in [9.17, 15) is 4.79 Å². The molecule has 0 aliphatic rings. The van der Waals surface area contributed by atoms with Gasteiger partial charge in [-0.25, -0.2) is 0 Å². The smallest absolute Gasteiger partial charge is 0.496 e. The Balaban J connectivity index is 0.00000264. The summed E-state index contributed by atoms with van der Waals surface area (Å²) in [6, 6.07) is 12.9. The predicted molar refractivity (Wildman–Crippen MR) is 89.4 cm³/mol. The Morgan fingerprint density at radius 2 is 1.57 bits per heavy atom. The fraction of sp³-hybridized carbons (Fsp3) is 0.235. The van der Waals surface area contributed by atoms with Gasteiger partial charge in [-0.1, -0.05) is 18.2 Å². The molecule has 0 aliphatic heterocycles. The fourth-order valence-corrected chi connectivity index (χ4v) is 3.04. The van der Waals surface area contributed by atoms with Crippen molar-refractivity contribution in [1.82, 2.24) is 0 Å². The van der Waals surface area contributed by atoms with Crippen molar-refractivity contribution in [2.75, 3.05) is 20.8 Å². The molecule has 0 aromatic heterocycles. The minimum Gasteiger partial charge on any atom is -0.496 e. The molecule has 0 saturated carbocycles. The number of carbonyl (C=O) groups is 1. The van der Waals surface area contributed by atoms with Crippen LogP contribution in [0, 0.1) is 0 Å². The van der Waals surface area contributed by atoms with Crippen LogP contribution in [0.15, 0.2) is 42.5 Å². The zero-order chi connectivity index (χ0) is 15.9. The van der Waals surface area contributed by atoms with Gasteiger partial charge in [-0.2, -0.15) is 0 Å². The van der Waals surface area contributed by atoms with Crippen molar-refractivity contribution in [3.8, 4) is 17.2 Å². The van der Waals surface area contributed by atoms with E-state index in [2.05, 4.69) is 0 Å². The summed E-state index contributed by atoms with van der Waals surface area (Å²) in [5.41, 5.74) is 0.471. The Morgan fingerprint density at radius 3 is 2.04 bits per heavy atom. The maximum absolute atomic E-state index is 12.6. The van der Waals surface area contributed by atoms with Crippen molar-refractivity contribution >= 4 is 19.4 Å². The second-order valence-corrected chi connectivity index (χ2v) is 5.73. The van der Waals surface area contributed by atoms with Crippen LogP contribution in [0.5, 0.6) is 17.2 Å². The van der Waals surface area contributed by atoms with Crippen molar-refractivity contribution in [2.45, 2.75) is 6.92 Å². The van der Waals surface area contributed by atoms with E-state index in [1.807, 2.05) is 31.2 Å². The second kappa shape index (κ2) is 9.63. The van der Waals surface area contributed by atoms with E-state index in [1.54, 1.807) is 32.4 Å². The number of hydrogen-bond acceptors (Lipinski definition) is 4. The minimum absolute atomic E-state index is 0. The average molecular weight is 325 g/mol. The Kier molecular flexibility index (Phi) is 8.20. The van der Waals surface area contributed by atoms with Gasteiger partial charge in [0.05, 0.1) is 20.8 Å². The first kappa shape index (κ1) is 19.6. The van der Waals surface area contributed by atoms with Gasteiger partial charge in [-0.05, 0) is 45.1 Å². The van der Waals surface area contributed by atoms with Gasteiger partial charge in [0.25, 0.3) is 0 Å². The van der Waals surface area contributed by atoms with Crippen LogP contribution in [0.1, 0.15) is 17.3 Å².